The summed E-state index contributed by atoms with van der Waals surface area (Å²) in [5.74, 6) is 6.15. The lowest BCUT2D eigenvalue weighted by Crippen LogP contribution is -2.31. The van der Waals surface area contributed by atoms with Crippen LogP contribution in [0.1, 0.15) is 24.4 Å². The molecule has 1 aromatic carbocycles. The number of nitrogens with one attached hydrogen (secondary N) is 1. The van der Waals surface area contributed by atoms with Crippen molar-refractivity contribution in [3.05, 3.63) is 52.3 Å². The second-order valence-electron chi connectivity index (χ2n) is 4.22. The second-order valence-corrected chi connectivity index (χ2v) is 5.13. The van der Waals surface area contributed by atoms with Gasteiger partial charge in [-0.1, -0.05) is 22.0 Å². The van der Waals surface area contributed by atoms with Gasteiger partial charge in [0.25, 0.3) is 0 Å². The third kappa shape index (κ3) is 3.20. The molecule has 0 aliphatic rings. The third-order valence-electron chi connectivity index (χ3n) is 3.07. The number of halogens is 2. The van der Waals surface area contributed by atoms with E-state index in [0.717, 1.165) is 12.4 Å². The molecule has 1 unspecified atom stereocenters. The van der Waals surface area contributed by atoms with Crippen LogP contribution >= 0.6 is 15.9 Å². The first-order valence-electron chi connectivity index (χ1n) is 6.06. The Morgan fingerprint density at radius 1 is 1.53 bits per heavy atom. The number of benzene rings is 1. The number of imidazole rings is 1. The number of aryl methyl sites for hydroxylation is 1. The maximum atomic E-state index is 13.9. The molecule has 0 aliphatic heterocycles. The molecule has 19 heavy (non-hydrogen) atoms. The highest BCUT2D eigenvalue weighted by atomic mass is 79.9. The summed E-state index contributed by atoms with van der Waals surface area (Å²) in [6.07, 6.45) is 4.18. The molecule has 1 atom stereocenters. The summed E-state index contributed by atoms with van der Waals surface area (Å²) in [4.78, 5) is 4.28. The summed E-state index contributed by atoms with van der Waals surface area (Å²) in [6, 6.07) is 4.66. The number of nitrogens with two attached hydrogens (primary N) is 1. The molecule has 1 heterocycles. The molecule has 0 radical (unpaired) electrons. The maximum Gasteiger partial charge on any atom is 0.129 e. The molecular weight excluding hydrogens is 311 g/mol. The van der Waals surface area contributed by atoms with E-state index in [1.54, 1.807) is 18.3 Å². The number of hydrogen-bond acceptors (Lipinski definition) is 3. The topological polar surface area (TPSA) is 55.9 Å². The van der Waals surface area contributed by atoms with E-state index >= 15 is 0 Å². The summed E-state index contributed by atoms with van der Waals surface area (Å²) in [7, 11) is 0. The lowest BCUT2D eigenvalue weighted by atomic mass is 10.0. The Morgan fingerprint density at radius 3 is 2.95 bits per heavy atom. The standard InChI is InChI=1S/C13H16BrFN4/c1-2-19-6-5-17-13(19)8-12(18-16)10-4-3-9(14)7-11(10)15/h3-7,12,18H,2,8,16H2,1H3. The van der Waals surface area contributed by atoms with E-state index < -0.39 is 0 Å². The van der Waals surface area contributed by atoms with Crippen molar-refractivity contribution in [2.75, 3.05) is 0 Å². The van der Waals surface area contributed by atoms with Crippen molar-refractivity contribution < 1.29 is 4.39 Å². The van der Waals surface area contributed by atoms with Crippen LogP contribution in [0.2, 0.25) is 0 Å². The van der Waals surface area contributed by atoms with E-state index in [-0.39, 0.29) is 11.9 Å². The van der Waals surface area contributed by atoms with E-state index in [1.165, 1.54) is 6.07 Å². The van der Waals surface area contributed by atoms with Crippen LogP contribution < -0.4 is 11.3 Å². The second kappa shape index (κ2) is 6.27. The van der Waals surface area contributed by atoms with Crippen molar-refractivity contribution in [3.63, 3.8) is 0 Å². The van der Waals surface area contributed by atoms with Crippen LogP contribution in [0.4, 0.5) is 4.39 Å². The molecular formula is C13H16BrFN4. The first kappa shape index (κ1) is 14.2. The Bertz CT molecular complexity index is 555. The Labute approximate surface area is 119 Å². The SMILES string of the molecule is CCn1ccnc1CC(NN)c1ccc(Br)cc1F. The average molecular weight is 327 g/mol. The molecule has 1 aromatic heterocycles. The molecule has 2 aromatic rings. The molecule has 0 bridgehead atoms. The van der Waals surface area contributed by atoms with Crippen molar-refractivity contribution in [1.29, 1.82) is 0 Å². The highest BCUT2D eigenvalue weighted by Gasteiger charge is 2.17. The number of hydrazine groups is 1. The first-order chi connectivity index (χ1) is 9.15. The highest BCUT2D eigenvalue weighted by molar-refractivity contribution is 9.10. The van der Waals surface area contributed by atoms with Gasteiger partial charge in [-0.25, -0.2) is 9.37 Å². The molecule has 2 rings (SSSR count). The van der Waals surface area contributed by atoms with Gasteiger partial charge in [0.1, 0.15) is 11.6 Å². The number of nitrogens with zero attached hydrogens (tertiary/aromatic N) is 2. The predicted octanol–water partition coefficient (Wildman–Crippen LogP) is 2.55. The lowest BCUT2D eigenvalue weighted by molar-refractivity contribution is 0.492. The molecule has 0 amide bonds. The fourth-order valence-electron chi connectivity index (χ4n) is 2.04. The Balaban J connectivity index is 2.25. The van der Waals surface area contributed by atoms with Crippen molar-refractivity contribution in [2.45, 2.75) is 25.9 Å². The first-order valence-corrected chi connectivity index (χ1v) is 6.86. The van der Waals surface area contributed by atoms with Crippen LogP contribution in [0.3, 0.4) is 0 Å². The molecule has 0 aliphatic carbocycles. The smallest absolute Gasteiger partial charge is 0.129 e. The van der Waals surface area contributed by atoms with Gasteiger partial charge in [-0.2, -0.15) is 0 Å². The van der Waals surface area contributed by atoms with Gasteiger partial charge in [-0.15, -0.1) is 0 Å². The van der Waals surface area contributed by atoms with E-state index in [0.29, 0.717) is 16.5 Å². The summed E-state index contributed by atoms with van der Waals surface area (Å²) in [5.41, 5.74) is 3.20. The monoisotopic (exact) mass is 326 g/mol. The van der Waals surface area contributed by atoms with Gasteiger partial charge in [-0.3, -0.25) is 11.3 Å². The normalized spacial score (nSPS) is 12.6. The van der Waals surface area contributed by atoms with Crippen molar-refractivity contribution in [1.82, 2.24) is 15.0 Å². The van der Waals surface area contributed by atoms with Crippen molar-refractivity contribution in [3.8, 4) is 0 Å². The molecule has 0 saturated heterocycles. The Kier molecular flexibility index (Phi) is 4.68. The van der Waals surface area contributed by atoms with Crippen LogP contribution in [-0.2, 0) is 13.0 Å². The minimum Gasteiger partial charge on any atom is -0.335 e. The number of rotatable bonds is 5. The van der Waals surface area contributed by atoms with Gasteiger partial charge in [0, 0.05) is 35.4 Å². The molecule has 0 fully saturated rings. The quantitative estimate of drug-likeness (QED) is 0.655. The minimum absolute atomic E-state index is 0.285. The fourth-order valence-corrected chi connectivity index (χ4v) is 2.38. The van der Waals surface area contributed by atoms with Crippen LogP contribution in [0.15, 0.2) is 35.1 Å². The zero-order valence-electron chi connectivity index (χ0n) is 10.6. The van der Waals surface area contributed by atoms with Crippen LogP contribution in [0.5, 0.6) is 0 Å². The Hall–Kier alpha value is -1.24. The predicted molar refractivity (Wildman–Crippen MR) is 75.8 cm³/mol. The largest absolute Gasteiger partial charge is 0.335 e. The highest BCUT2D eigenvalue weighted by Crippen LogP contribution is 2.23. The summed E-state index contributed by atoms with van der Waals surface area (Å²) < 4.78 is 16.7. The van der Waals surface area contributed by atoms with Crippen LogP contribution in [-0.4, -0.2) is 9.55 Å². The van der Waals surface area contributed by atoms with Gasteiger partial charge < -0.3 is 4.57 Å². The van der Waals surface area contributed by atoms with E-state index in [4.69, 9.17) is 5.84 Å². The van der Waals surface area contributed by atoms with E-state index in [1.807, 2.05) is 17.7 Å². The third-order valence-corrected chi connectivity index (χ3v) is 3.56. The number of aromatic nitrogens is 2. The zero-order valence-corrected chi connectivity index (χ0v) is 12.2. The summed E-state index contributed by atoms with van der Waals surface area (Å²) in [6.45, 7) is 2.87. The van der Waals surface area contributed by atoms with Crippen molar-refractivity contribution in [2.24, 2.45) is 5.84 Å². The Morgan fingerprint density at radius 2 is 2.32 bits per heavy atom. The molecule has 0 saturated carbocycles. The van der Waals surface area contributed by atoms with E-state index in [2.05, 4.69) is 26.3 Å². The van der Waals surface area contributed by atoms with E-state index in [9.17, 15) is 4.39 Å². The van der Waals surface area contributed by atoms with Gasteiger partial charge in [0.05, 0.1) is 6.04 Å². The fraction of sp³-hybridized carbons (Fsp3) is 0.308. The average Bonchev–Trinajstić information content (AvgIpc) is 2.84. The molecule has 4 nitrogen and oxygen atoms in total. The van der Waals surface area contributed by atoms with Crippen LogP contribution in [0, 0.1) is 5.82 Å². The molecule has 0 spiro atoms. The minimum atomic E-state index is -0.305. The lowest BCUT2D eigenvalue weighted by Gasteiger charge is -2.17. The maximum absolute atomic E-state index is 13.9. The molecule has 6 heteroatoms. The van der Waals surface area contributed by atoms with Gasteiger partial charge >= 0.3 is 0 Å². The summed E-state index contributed by atoms with van der Waals surface area (Å²) in [5, 5.41) is 0. The van der Waals surface area contributed by atoms with Crippen molar-refractivity contribution >= 4 is 15.9 Å². The molecule has 102 valence electrons. The molecule has 3 N–H and O–H groups in total. The summed E-state index contributed by atoms with van der Waals surface area (Å²) >= 11 is 3.24. The van der Waals surface area contributed by atoms with Gasteiger partial charge in [0.2, 0.25) is 0 Å². The van der Waals surface area contributed by atoms with Gasteiger partial charge in [-0.05, 0) is 19.1 Å². The van der Waals surface area contributed by atoms with Crippen LogP contribution in [0.25, 0.3) is 0 Å². The zero-order chi connectivity index (χ0) is 13.8. The van der Waals surface area contributed by atoms with Gasteiger partial charge in [0.15, 0.2) is 0 Å². The number of hydrogen-bond donors (Lipinski definition) is 2.